The molecule has 0 aliphatic carbocycles. The van der Waals surface area contributed by atoms with Crippen LogP contribution in [0.4, 0.5) is 0 Å². The van der Waals surface area contributed by atoms with Crippen molar-refractivity contribution in [3.8, 4) is 5.75 Å². The zero-order chi connectivity index (χ0) is 22.1. The Morgan fingerprint density at radius 2 is 1.71 bits per heavy atom. The van der Waals surface area contributed by atoms with Crippen molar-refractivity contribution in [2.45, 2.75) is 45.6 Å². The number of para-hydroxylation sites is 1. The second kappa shape index (κ2) is 11.3. The lowest BCUT2D eigenvalue weighted by molar-refractivity contribution is -0.127. The van der Waals surface area contributed by atoms with Crippen LogP contribution in [0.1, 0.15) is 42.4 Å². The number of likely N-dealkylation sites (tertiary alicyclic amines) is 1. The van der Waals surface area contributed by atoms with Gasteiger partial charge in [0, 0.05) is 31.6 Å². The first kappa shape index (κ1) is 22.6. The van der Waals surface area contributed by atoms with E-state index in [-0.39, 0.29) is 17.9 Å². The molecule has 0 spiro atoms. The van der Waals surface area contributed by atoms with Gasteiger partial charge in [-0.3, -0.25) is 9.59 Å². The first-order valence-electron chi connectivity index (χ1n) is 11.0. The quantitative estimate of drug-likeness (QED) is 0.512. The average molecular weight is 421 g/mol. The minimum Gasteiger partial charge on any atom is -0.493 e. The number of rotatable bonds is 8. The van der Waals surface area contributed by atoms with Crippen molar-refractivity contribution >= 4 is 17.9 Å². The van der Waals surface area contributed by atoms with Crippen molar-refractivity contribution in [2.75, 3.05) is 19.7 Å². The van der Waals surface area contributed by atoms with E-state index in [1.54, 1.807) is 6.08 Å². The Bertz CT molecular complexity index is 880. The topological polar surface area (TPSA) is 58.6 Å². The lowest BCUT2D eigenvalue weighted by atomic mass is 10.0. The van der Waals surface area contributed by atoms with Gasteiger partial charge >= 0.3 is 0 Å². The molecular weight excluding hydrogens is 388 g/mol. The van der Waals surface area contributed by atoms with Crippen LogP contribution in [0.2, 0.25) is 0 Å². The summed E-state index contributed by atoms with van der Waals surface area (Å²) in [7, 11) is 0. The fourth-order valence-corrected chi connectivity index (χ4v) is 3.81. The standard InChI is InChI=1S/C26H32N2O3/c1-20-8-6-9-21(2)26(20)31-19-7-12-24(29)27-23-15-17-28(18-16-23)25(30)14-13-22-10-4-3-5-11-22/h3-6,8-11,13-14,23H,7,12,15-19H2,1-2H3,(H,27,29)/b14-13+. The number of carbonyl (C=O) groups is 2. The molecule has 0 radical (unpaired) electrons. The Balaban J connectivity index is 1.33. The van der Waals surface area contributed by atoms with Gasteiger partial charge in [0.2, 0.25) is 11.8 Å². The van der Waals surface area contributed by atoms with Gasteiger partial charge in [-0.05, 0) is 55.9 Å². The van der Waals surface area contributed by atoms with Crippen LogP contribution in [0, 0.1) is 13.8 Å². The first-order valence-corrected chi connectivity index (χ1v) is 11.0. The van der Waals surface area contributed by atoms with E-state index in [4.69, 9.17) is 4.74 Å². The Morgan fingerprint density at radius 3 is 2.39 bits per heavy atom. The van der Waals surface area contributed by atoms with Crippen LogP contribution in [0.3, 0.4) is 0 Å². The predicted molar refractivity (Wildman–Crippen MR) is 124 cm³/mol. The molecule has 1 aliphatic rings. The van der Waals surface area contributed by atoms with E-state index in [1.807, 2.05) is 73.4 Å². The molecule has 0 unspecified atom stereocenters. The highest BCUT2D eigenvalue weighted by molar-refractivity contribution is 5.91. The largest absolute Gasteiger partial charge is 0.493 e. The lowest BCUT2D eigenvalue weighted by Gasteiger charge is -2.31. The second-order valence-electron chi connectivity index (χ2n) is 8.08. The van der Waals surface area contributed by atoms with Gasteiger partial charge in [0.15, 0.2) is 0 Å². The number of aryl methyl sites for hydroxylation is 2. The average Bonchev–Trinajstić information content (AvgIpc) is 2.78. The molecule has 2 aromatic carbocycles. The van der Waals surface area contributed by atoms with E-state index >= 15 is 0 Å². The van der Waals surface area contributed by atoms with E-state index in [0.29, 0.717) is 32.5 Å². The first-order chi connectivity index (χ1) is 15.0. The fraction of sp³-hybridized carbons (Fsp3) is 0.385. The van der Waals surface area contributed by atoms with E-state index in [0.717, 1.165) is 35.3 Å². The molecule has 1 heterocycles. The van der Waals surface area contributed by atoms with Gasteiger partial charge in [-0.1, -0.05) is 48.5 Å². The van der Waals surface area contributed by atoms with Crippen molar-refractivity contribution in [2.24, 2.45) is 0 Å². The van der Waals surface area contributed by atoms with Crippen LogP contribution in [0.15, 0.2) is 54.6 Å². The molecule has 31 heavy (non-hydrogen) atoms. The van der Waals surface area contributed by atoms with Gasteiger partial charge < -0.3 is 15.0 Å². The van der Waals surface area contributed by atoms with Crippen LogP contribution in [-0.2, 0) is 9.59 Å². The number of hydrogen-bond donors (Lipinski definition) is 1. The van der Waals surface area contributed by atoms with Crippen molar-refractivity contribution in [1.29, 1.82) is 0 Å². The molecule has 1 aliphatic heterocycles. The van der Waals surface area contributed by atoms with Crippen LogP contribution in [0.5, 0.6) is 5.75 Å². The lowest BCUT2D eigenvalue weighted by Crippen LogP contribution is -2.46. The Morgan fingerprint density at radius 1 is 1.03 bits per heavy atom. The molecular formula is C26H32N2O3. The number of piperidine rings is 1. The molecule has 0 bridgehead atoms. The molecule has 3 rings (SSSR count). The molecule has 5 nitrogen and oxygen atoms in total. The Hall–Kier alpha value is -3.08. The smallest absolute Gasteiger partial charge is 0.246 e. The third-order valence-corrected chi connectivity index (χ3v) is 5.59. The molecule has 164 valence electrons. The minimum atomic E-state index is 0.0253. The highest BCUT2D eigenvalue weighted by Gasteiger charge is 2.22. The Kier molecular flexibility index (Phi) is 8.27. The van der Waals surface area contributed by atoms with E-state index in [9.17, 15) is 9.59 Å². The predicted octanol–water partition coefficient (Wildman–Crippen LogP) is 4.28. The number of benzene rings is 2. The zero-order valence-electron chi connectivity index (χ0n) is 18.5. The molecule has 5 heteroatoms. The summed E-state index contributed by atoms with van der Waals surface area (Å²) in [5.41, 5.74) is 3.24. The number of nitrogens with one attached hydrogen (secondary N) is 1. The summed E-state index contributed by atoms with van der Waals surface area (Å²) in [6.07, 6.45) is 6.18. The van der Waals surface area contributed by atoms with Crippen molar-refractivity contribution < 1.29 is 14.3 Å². The van der Waals surface area contributed by atoms with Crippen molar-refractivity contribution in [3.05, 3.63) is 71.3 Å². The molecule has 1 N–H and O–H groups in total. The molecule has 0 saturated carbocycles. The maximum atomic E-state index is 12.4. The van der Waals surface area contributed by atoms with Crippen LogP contribution in [0.25, 0.3) is 6.08 Å². The van der Waals surface area contributed by atoms with Gasteiger partial charge in [-0.15, -0.1) is 0 Å². The summed E-state index contributed by atoms with van der Waals surface area (Å²) >= 11 is 0. The Labute approximate surface area is 185 Å². The van der Waals surface area contributed by atoms with E-state index < -0.39 is 0 Å². The monoisotopic (exact) mass is 420 g/mol. The third-order valence-electron chi connectivity index (χ3n) is 5.59. The summed E-state index contributed by atoms with van der Waals surface area (Å²) in [6, 6.07) is 16.0. The summed E-state index contributed by atoms with van der Waals surface area (Å²) in [4.78, 5) is 26.5. The highest BCUT2D eigenvalue weighted by atomic mass is 16.5. The van der Waals surface area contributed by atoms with Crippen molar-refractivity contribution in [3.63, 3.8) is 0 Å². The highest BCUT2D eigenvalue weighted by Crippen LogP contribution is 2.22. The molecule has 1 fully saturated rings. The SMILES string of the molecule is Cc1cccc(C)c1OCCCC(=O)NC1CCN(C(=O)/C=C/c2ccccc2)CC1. The summed E-state index contributed by atoms with van der Waals surface area (Å²) in [5.74, 6) is 0.998. The van der Waals surface area contributed by atoms with Crippen LogP contribution in [-0.4, -0.2) is 42.5 Å². The number of nitrogens with zero attached hydrogens (tertiary/aromatic N) is 1. The summed E-state index contributed by atoms with van der Waals surface area (Å²) in [6.45, 7) is 5.92. The summed E-state index contributed by atoms with van der Waals surface area (Å²) < 4.78 is 5.87. The van der Waals surface area contributed by atoms with Crippen LogP contribution >= 0.6 is 0 Å². The maximum Gasteiger partial charge on any atom is 0.246 e. The number of hydrogen-bond acceptors (Lipinski definition) is 3. The number of amides is 2. The molecule has 0 atom stereocenters. The zero-order valence-corrected chi connectivity index (χ0v) is 18.5. The molecule has 2 aromatic rings. The number of carbonyl (C=O) groups excluding carboxylic acids is 2. The maximum absolute atomic E-state index is 12.4. The van der Waals surface area contributed by atoms with Gasteiger partial charge in [0.05, 0.1) is 6.61 Å². The minimum absolute atomic E-state index is 0.0253. The van der Waals surface area contributed by atoms with Crippen molar-refractivity contribution in [1.82, 2.24) is 10.2 Å². The third kappa shape index (κ3) is 6.99. The normalized spacial score (nSPS) is 14.6. The van der Waals surface area contributed by atoms with Gasteiger partial charge in [0.1, 0.15) is 5.75 Å². The van der Waals surface area contributed by atoms with E-state index in [2.05, 4.69) is 5.32 Å². The van der Waals surface area contributed by atoms with Gasteiger partial charge in [-0.2, -0.15) is 0 Å². The van der Waals surface area contributed by atoms with Gasteiger partial charge in [-0.25, -0.2) is 0 Å². The molecule has 2 amide bonds. The summed E-state index contributed by atoms with van der Waals surface area (Å²) in [5, 5.41) is 3.11. The number of ether oxygens (including phenoxy) is 1. The van der Waals surface area contributed by atoms with Crippen LogP contribution < -0.4 is 10.1 Å². The fourth-order valence-electron chi connectivity index (χ4n) is 3.81. The molecule has 0 aromatic heterocycles. The van der Waals surface area contributed by atoms with Gasteiger partial charge in [0.25, 0.3) is 0 Å². The molecule has 1 saturated heterocycles. The second-order valence-corrected chi connectivity index (χ2v) is 8.08. The van der Waals surface area contributed by atoms with E-state index in [1.165, 1.54) is 0 Å².